The van der Waals surface area contributed by atoms with Crippen LogP contribution < -0.4 is 10.6 Å². The lowest BCUT2D eigenvalue weighted by atomic mass is 10.1. The molecule has 2 unspecified atom stereocenters. The van der Waals surface area contributed by atoms with Gasteiger partial charge in [-0.2, -0.15) is 11.8 Å². The van der Waals surface area contributed by atoms with Gasteiger partial charge in [-0.3, -0.25) is 0 Å². The van der Waals surface area contributed by atoms with Gasteiger partial charge in [0.2, 0.25) is 0 Å². The van der Waals surface area contributed by atoms with E-state index in [9.17, 15) is 14.3 Å². The summed E-state index contributed by atoms with van der Waals surface area (Å²) in [6.07, 6.45) is 2.31. The Hall–Kier alpha value is -1.27. The molecule has 0 radical (unpaired) electrons. The standard InChI is InChI=1S/C15H23FN2O2S/c1-11(8-12-6-4-5-7-13(12)16)18-14(19)17-9-15(2,20)10-21-3/h4-7,11,20H,8-10H2,1-3H3,(H2,17,18,19). The summed E-state index contributed by atoms with van der Waals surface area (Å²) in [5.74, 6) is 0.271. The summed E-state index contributed by atoms with van der Waals surface area (Å²) in [6, 6.07) is 5.95. The Morgan fingerprint density at radius 1 is 1.48 bits per heavy atom. The van der Waals surface area contributed by atoms with Gasteiger partial charge in [-0.15, -0.1) is 0 Å². The van der Waals surface area contributed by atoms with E-state index in [-0.39, 0.29) is 24.4 Å². The van der Waals surface area contributed by atoms with Crippen molar-refractivity contribution in [2.75, 3.05) is 18.6 Å². The summed E-state index contributed by atoms with van der Waals surface area (Å²) in [5.41, 5.74) is -0.370. The predicted molar refractivity (Wildman–Crippen MR) is 85.1 cm³/mol. The second-order valence-corrected chi connectivity index (χ2v) is 6.32. The second-order valence-electron chi connectivity index (χ2n) is 5.45. The highest BCUT2D eigenvalue weighted by Gasteiger charge is 2.20. The van der Waals surface area contributed by atoms with E-state index in [4.69, 9.17) is 0 Å². The summed E-state index contributed by atoms with van der Waals surface area (Å²) in [4.78, 5) is 11.7. The zero-order valence-corrected chi connectivity index (χ0v) is 13.5. The summed E-state index contributed by atoms with van der Waals surface area (Å²) >= 11 is 1.51. The molecule has 1 aromatic carbocycles. The molecule has 0 spiro atoms. The van der Waals surface area contributed by atoms with Gasteiger partial charge in [0.1, 0.15) is 5.82 Å². The van der Waals surface area contributed by atoms with Crippen LogP contribution in [0, 0.1) is 5.82 Å². The number of hydrogen-bond acceptors (Lipinski definition) is 3. The molecule has 0 fully saturated rings. The molecule has 118 valence electrons. The van der Waals surface area contributed by atoms with Crippen LogP contribution in [0.15, 0.2) is 24.3 Å². The first kappa shape index (κ1) is 17.8. The highest BCUT2D eigenvalue weighted by molar-refractivity contribution is 7.98. The molecule has 0 aliphatic carbocycles. The molecule has 6 heteroatoms. The summed E-state index contributed by atoms with van der Waals surface area (Å²) in [5, 5.41) is 15.3. The molecule has 0 aromatic heterocycles. The number of benzene rings is 1. The van der Waals surface area contributed by atoms with Gasteiger partial charge >= 0.3 is 6.03 Å². The van der Waals surface area contributed by atoms with E-state index in [0.29, 0.717) is 17.7 Å². The lowest BCUT2D eigenvalue weighted by Gasteiger charge is -2.23. The average molecular weight is 314 g/mol. The van der Waals surface area contributed by atoms with Crippen molar-refractivity contribution in [2.24, 2.45) is 0 Å². The van der Waals surface area contributed by atoms with E-state index < -0.39 is 5.60 Å². The Bertz CT molecular complexity index is 469. The first-order valence-corrected chi connectivity index (χ1v) is 8.22. The Morgan fingerprint density at radius 2 is 2.14 bits per heavy atom. The minimum absolute atomic E-state index is 0.173. The lowest BCUT2D eigenvalue weighted by molar-refractivity contribution is 0.0868. The van der Waals surface area contributed by atoms with Crippen LogP contribution in [-0.4, -0.2) is 41.3 Å². The summed E-state index contributed by atoms with van der Waals surface area (Å²) in [7, 11) is 0. The molecule has 1 rings (SSSR count). The van der Waals surface area contributed by atoms with Crippen LogP contribution in [0.4, 0.5) is 9.18 Å². The fraction of sp³-hybridized carbons (Fsp3) is 0.533. The highest BCUT2D eigenvalue weighted by atomic mass is 32.2. The predicted octanol–water partition coefficient (Wildman–Crippen LogP) is 2.17. The monoisotopic (exact) mass is 314 g/mol. The Morgan fingerprint density at radius 3 is 2.76 bits per heavy atom. The third-order valence-electron chi connectivity index (χ3n) is 2.95. The number of carbonyl (C=O) groups excluding carboxylic acids is 1. The van der Waals surface area contributed by atoms with Crippen molar-refractivity contribution in [3.8, 4) is 0 Å². The Labute approximate surface area is 129 Å². The van der Waals surface area contributed by atoms with Gasteiger partial charge < -0.3 is 15.7 Å². The second kappa shape index (κ2) is 8.24. The van der Waals surface area contributed by atoms with Gasteiger partial charge in [0.15, 0.2) is 0 Å². The third kappa shape index (κ3) is 6.82. The van der Waals surface area contributed by atoms with E-state index in [0.717, 1.165) is 0 Å². The molecule has 0 bridgehead atoms. The number of carbonyl (C=O) groups is 1. The number of aliphatic hydroxyl groups is 1. The van der Waals surface area contributed by atoms with Crippen LogP contribution in [0.2, 0.25) is 0 Å². The van der Waals surface area contributed by atoms with E-state index >= 15 is 0 Å². The molecular formula is C15H23FN2O2S. The number of nitrogens with one attached hydrogen (secondary N) is 2. The molecule has 2 amide bonds. The van der Waals surface area contributed by atoms with Crippen molar-refractivity contribution in [3.63, 3.8) is 0 Å². The smallest absolute Gasteiger partial charge is 0.315 e. The van der Waals surface area contributed by atoms with Gasteiger partial charge in [-0.25, -0.2) is 9.18 Å². The van der Waals surface area contributed by atoms with Gasteiger partial charge in [0.05, 0.1) is 5.60 Å². The number of halogens is 1. The minimum Gasteiger partial charge on any atom is -0.387 e. The molecule has 1 aromatic rings. The number of rotatable bonds is 7. The van der Waals surface area contributed by atoms with Crippen LogP contribution in [0.1, 0.15) is 19.4 Å². The fourth-order valence-corrected chi connectivity index (χ4v) is 2.68. The van der Waals surface area contributed by atoms with Crippen molar-refractivity contribution in [1.29, 1.82) is 0 Å². The maximum absolute atomic E-state index is 13.5. The SMILES string of the molecule is CSCC(C)(O)CNC(=O)NC(C)Cc1ccccc1F. The van der Waals surface area contributed by atoms with Gasteiger partial charge in [-0.1, -0.05) is 18.2 Å². The van der Waals surface area contributed by atoms with E-state index in [2.05, 4.69) is 10.6 Å². The zero-order valence-electron chi connectivity index (χ0n) is 12.6. The van der Waals surface area contributed by atoms with Crippen molar-refractivity contribution in [2.45, 2.75) is 31.9 Å². The maximum atomic E-state index is 13.5. The van der Waals surface area contributed by atoms with Crippen LogP contribution in [0.5, 0.6) is 0 Å². The van der Waals surface area contributed by atoms with Crippen LogP contribution in [0.3, 0.4) is 0 Å². The molecule has 0 aliphatic heterocycles. The van der Waals surface area contributed by atoms with Crippen molar-refractivity contribution in [1.82, 2.24) is 10.6 Å². The summed E-state index contributed by atoms with van der Waals surface area (Å²) in [6.45, 7) is 3.66. The average Bonchev–Trinajstić information content (AvgIpc) is 2.39. The highest BCUT2D eigenvalue weighted by Crippen LogP contribution is 2.10. The quantitative estimate of drug-likeness (QED) is 0.723. The number of amides is 2. The normalized spacial score (nSPS) is 15.1. The molecule has 2 atom stereocenters. The zero-order chi connectivity index (χ0) is 15.9. The van der Waals surface area contributed by atoms with Crippen molar-refractivity contribution in [3.05, 3.63) is 35.6 Å². The first-order valence-electron chi connectivity index (χ1n) is 6.83. The third-order valence-corrected chi connectivity index (χ3v) is 3.86. The largest absolute Gasteiger partial charge is 0.387 e. The van der Waals surface area contributed by atoms with Gasteiger partial charge in [0, 0.05) is 18.3 Å². The Kier molecular flexibility index (Phi) is 6.98. The Balaban J connectivity index is 2.39. The number of hydrogen-bond donors (Lipinski definition) is 3. The maximum Gasteiger partial charge on any atom is 0.315 e. The van der Waals surface area contributed by atoms with Crippen molar-refractivity contribution < 1.29 is 14.3 Å². The lowest BCUT2D eigenvalue weighted by Crippen LogP contribution is -2.48. The molecule has 3 N–H and O–H groups in total. The van der Waals surface area contributed by atoms with Gasteiger partial charge in [0.25, 0.3) is 0 Å². The molecule has 0 aliphatic rings. The van der Waals surface area contributed by atoms with E-state index in [1.54, 1.807) is 25.1 Å². The summed E-state index contributed by atoms with van der Waals surface area (Å²) < 4.78 is 13.5. The molecule has 21 heavy (non-hydrogen) atoms. The van der Waals surface area contributed by atoms with Gasteiger partial charge in [-0.05, 0) is 38.2 Å². The van der Waals surface area contributed by atoms with Crippen molar-refractivity contribution >= 4 is 17.8 Å². The van der Waals surface area contributed by atoms with Crippen LogP contribution in [-0.2, 0) is 6.42 Å². The minimum atomic E-state index is -0.939. The molecule has 0 heterocycles. The molecular weight excluding hydrogens is 291 g/mol. The number of urea groups is 1. The van der Waals surface area contributed by atoms with Crippen LogP contribution >= 0.6 is 11.8 Å². The fourth-order valence-electron chi connectivity index (χ4n) is 1.95. The molecule has 4 nitrogen and oxygen atoms in total. The topological polar surface area (TPSA) is 61.4 Å². The van der Waals surface area contributed by atoms with E-state index in [1.165, 1.54) is 17.8 Å². The molecule has 0 saturated heterocycles. The number of thioether (sulfide) groups is 1. The van der Waals surface area contributed by atoms with E-state index in [1.807, 2.05) is 13.2 Å². The molecule has 0 saturated carbocycles. The van der Waals surface area contributed by atoms with Crippen LogP contribution in [0.25, 0.3) is 0 Å². The first-order chi connectivity index (χ1) is 9.84.